The quantitative estimate of drug-likeness (QED) is 0.611. The third-order valence-electron chi connectivity index (χ3n) is 2.25. The summed E-state index contributed by atoms with van der Waals surface area (Å²) in [6, 6.07) is 4.26. The van der Waals surface area contributed by atoms with E-state index in [1.807, 2.05) is 0 Å². The highest BCUT2D eigenvalue weighted by Crippen LogP contribution is 2.31. The van der Waals surface area contributed by atoms with Crippen LogP contribution in [0, 0.1) is 10.1 Å². The van der Waals surface area contributed by atoms with Crippen molar-refractivity contribution in [1.29, 1.82) is 0 Å². The monoisotopic (exact) mass is 254 g/mol. The van der Waals surface area contributed by atoms with Gasteiger partial charge >= 0.3 is 11.7 Å². The molecule has 7 heteroatoms. The Balaban J connectivity index is 3.06. The lowest BCUT2D eigenvalue weighted by molar-refractivity contribution is -0.385. The Labute approximate surface area is 104 Å². The molecule has 98 valence electrons. The Kier molecular flexibility index (Phi) is 4.47. The number of ether oxygens (including phenoxy) is 1. The molecule has 0 spiro atoms. The summed E-state index contributed by atoms with van der Waals surface area (Å²) in [7, 11) is 1.59. The lowest BCUT2D eigenvalue weighted by Crippen LogP contribution is -2.25. The molecule has 1 rings (SSSR count). The Morgan fingerprint density at radius 2 is 2.22 bits per heavy atom. The first-order valence-corrected chi connectivity index (χ1v) is 5.30. The molecular weight excluding hydrogens is 240 g/mol. The fourth-order valence-electron chi connectivity index (χ4n) is 1.46. The van der Waals surface area contributed by atoms with Crippen LogP contribution in [0.25, 0.3) is 0 Å². The lowest BCUT2D eigenvalue weighted by atomic mass is 10.2. The molecule has 0 unspecified atom stereocenters. The zero-order valence-corrected chi connectivity index (χ0v) is 10.1. The second-order valence-corrected chi connectivity index (χ2v) is 3.59. The molecular formula is C11H14N2O5. The number of carbonyl (C=O) groups is 1. The van der Waals surface area contributed by atoms with Crippen LogP contribution in [-0.4, -0.2) is 36.2 Å². The van der Waals surface area contributed by atoms with Gasteiger partial charge in [0.05, 0.1) is 11.5 Å². The van der Waals surface area contributed by atoms with Gasteiger partial charge in [0.15, 0.2) is 5.75 Å². The van der Waals surface area contributed by atoms with E-state index in [0.717, 1.165) is 0 Å². The molecule has 0 fully saturated rings. The van der Waals surface area contributed by atoms with Crippen LogP contribution in [0.3, 0.4) is 0 Å². The first kappa shape index (κ1) is 13.8. The number of carboxylic acid groups (broad SMARTS) is 1. The molecule has 0 saturated carbocycles. The minimum atomic E-state index is -0.978. The average molecular weight is 254 g/mol. The molecule has 0 atom stereocenters. The second-order valence-electron chi connectivity index (χ2n) is 3.59. The summed E-state index contributed by atoms with van der Waals surface area (Å²) in [5.41, 5.74) is 0.413. The van der Waals surface area contributed by atoms with E-state index in [9.17, 15) is 14.9 Å². The van der Waals surface area contributed by atoms with E-state index in [1.54, 1.807) is 14.0 Å². The molecule has 0 bridgehead atoms. The standard InChI is InChI=1S/C11H14N2O5/c1-3-18-10-6-8(12(2)7-11(14)15)4-5-9(10)13(16)17/h4-6H,3,7H2,1-2H3,(H,14,15). The maximum absolute atomic E-state index is 10.8. The highest BCUT2D eigenvalue weighted by Gasteiger charge is 2.17. The molecule has 0 aliphatic rings. The third-order valence-corrected chi connectivity index (χ3v) is 2.25. The van der Waals surface area contributed by atoms with E-state index in [4.69, 9.17) is 9.84 Å². The smallest absolute Gasteiger partial charge is 0.323 e. The first-order chi connectivity index (χ1) is 8.45. The van der Waals surface area contributed by atoms with Crippen molar-refractivity contribution in [2.24, 2.45) is 0 Å². The topological polar surface area (TPSA) is 92.9 Å². The van der Waals surface area contributed by atoms with Crippen molar-refractivity contribution >= 4 is 17.3 Å². The molecule has 0 radical (unpaired) electrons. The number of anilines is 1. The number of nitrogens with zero attached hydrogens (tertiary/aromatic N) is 2. The van der Waals surface area contributed by atoms with Crippen LogP contribution in [0.4, 0.5) is 11.4 Å². The summed E-state index contributed by atoms with van der Waals surface area (Å²) >= 11 is 0. The number of carboxylic acids is 1. The number of hydrogen-bond acceptors (Lipinski definition) is 5. The number of aliphatic carboxylic acids is 1. The van der Waals surface area contributed by atoms with Crippen molar-refractivity contribution in [3.63, 3.8) is 0 Å². The first-order valence-electron chi connectivity index (χ1n) is 5.30. The molecule has 0 amide bonds. The van der Waals surface area contributed by atoms with E-state index >= 15 is 0 Å². The van der Waals surface area contributed by atoms with E-state index in [2.05, 4.69) is 0 Å². The summed E-state index contributed by atoms with van der Waals surface area (Å²) in [5, 5.41) is 19.5. The van der Waals surface area contributed by atoms with Crippen LogP contribution in [-0.2, 0) is 4.79 Å². The van der Waals surface area contributed by atoms with E-state index in [0.29, 0.717) is 12.3 Å². The van der Waals surface area contributed by atoms with Crippen LogP contribution in [0.2, 0.25) is 0 Å². The van der Waals surface area contributed by atoms with Crippen molar-refractivity contribution in [3.8, 4) is 5.75 Å². The van der Waals surface area contributed by atoms with Crippen LogP contribution in [0.15, 0.2) is 18.2 Å². The molecule has 1 N–H and O–H groups in total. The molecule has 1 aromatic carbocycles. The molecule has 0 aliphatic heterocycles. The van der Waals surface area contributed by atoms with E-state index in [1.165, 1.54) is 23.1 Å². The Morgan fingerprint density at radius 1 is 1.56 bits per heavy atom. The van der Waals surface area contributed by atoms with Gasteiger partial charge in [-0.25, -0.2) is 0 Å². The second kappa shape index (κ2) is 5.85. The van der Waals surface area contributed by atoms with Crippen LogP contribution in [0.1, 0.15) is 6.92 Å². The van der Waals surface area contributed by atoms with Crippen LogP contribution < -0.4 is 9.64 Å². The number of nitro groups is 1. The van der Waals surface area contributed by atoms with Gasteiger partial charge in [-0.2, -0.15) is 0 Å². The van der Waals surface area contributed by atoms with Crippen molar-refractivity contribution in [2.45, 2.75) is 6.92 Å². The summed E-state index contributed by atoms with van der Waals surface area (Å²) in [4.78, 5) is 22.3. The number of hydrogen-bond donors (Lipinski definition) is 1. The fourth-order valence-corrected chi connectivity index (χ4v) is 1.46. The molecule has 0 aromatic heterocycles. The van der Waals surface area contributed by atoms with Gasteiger partial charge in [-0.3, -0.25) is 14.9 Å². The number of benzene rings is 1. The van der Waals surface area contributed by atoms with Gasteiger partial charge < -0.3 is 14.7 Å². The van der Waals surface area contributed by atoms with Crippen LogP contribution >= 0.6 is 0 Å². The number of rotatable bonds is 6. The van der Waals surface area contributed by atoms with Gasteiger partial charge in [0, 0.05) is 24.9 Å². The van der Waals surface area contributed by atoms with E-state index < -0.39 is 10.9 Å². The summed E-state index contributed by atoms with van der Waals surface area (Å²) in [5.74, 6) is -0.842. The van der Waals surface area contributed by atoms with Gasteiger partial charge in [0.1, 0.15) is 6.54 Å². The van der Waals surface area contributed by atoms with Gasteiger partial charge in [-0.1, -0.05) is 0 Å². The number of likely N-dealkylation sites (N-methyl/N-ethyl adjacent to an activating group) is 1. The Morgan fingerprint density at radius 3 is 2.72 bits per heavy atom. The average Bonchev–Trinajstić information content (AvgIpc) is 2.28. The van der Waals surface area contributed by atoms with Gasteiger partial charge in [-0.15, -0.1) is 0 Å². The van der Waals surface area contributed by atoms with Crippen molar-refractivity contribution < 1.29 is 19.6 Å². The van der Waals surface area contributed by atoms with Crippen molar-refractivity contribution in [3.05, 3.63) is 28.3 Å². The predicted molar refractivity (Wildman–Crippen MR) is 65.2 cm³/mol. The summed E-state index contributed by atoms with van der Waals surface area (Å²) < 4.78 is 5.18. The molecule has 18 heavy (non-hydrogen) atoms. The summed E-state index contributed by atoms with van der Waals surface area (Å²) in [6.07, 6.45) is 0. The Bertz CT molecular complexity index is 461. The van der Waals surface area contributed by atoms with Gasteiger partial charge in [-0.05, 0) is 13.0 Å². The van der Waals surface area contributed by atoms with Crippen molar-refractivity contribution in [2.75, 3.05) is 25.1 Å². The highest BCUT2D eigenvalue weighted by molar-refractivity contribution is 5.74. The minimum Gasteiger partial charge on any atom is -0.487 e. The normalized spacial score (nSPS) is 9.89. The maximum Gasteiger partial charge on any atom is 0.323 e. The minimum absolute atomic E-state index is 0.135. The molecule has 0 heterocycles. The SMILES string of the molecule is CCOc1cc(N(C)CC(=O)O)ccc1[N+](=O)[O-]. The zero-order chi connectivity index (χ0) is 13.7. The third kappa shape index (κ3) is 3.34. The summed E-state index contributed by atoms with van der Waals surface area (Å²) in [6.45, 7) is 1.83. The maximum atomic E-state index is 10.8. The largest absolute Gasteiger partial charge is 0.487 e. The van der Waals surface area contributed by atoms with Crippen molar-refractivity contribution in [1.82, 2.24) is 0 Å². The highest BCUT2D eigenvalue weighted by atomic mass is 16.6. The van der Waals surface area contributed by atoms with Crippen LogP contribution in [0.5, 0.6) is 5.75 Å². The predicted octanol–water partition coefficient (Wildman–Crippen LogP) is 1.51. The molecule has 7 nitrogen and oxygen atoms in total. The van der Waals surface area contributed by atoms with E-state index in [-0.39, 0.29) is 18.0 Å². The zero-order valence-electron chi connectivity index (χ0n) is 10.1. The molecule has 1 aromatic rings. The molecule has 0 saturated heterocycles. The number of nitro benzene ring substituents is 1. The van der Waals surface area contributed by atoms with Gasteiger partial charge in [0.25, 0.3) is 0 Å². The Hall–Kier alpha value is -2.31. The fraction of sp³-hybridized carbons (Fsp3) is 0.364. The van der Waals surface area contributed by atoms with Gasteiger partial charge in [0.2, 0.25) is 0 Å². The molecule has 0 aliphatic carbocycles. The lowest BCUT2D eigenvalue weighted by Gasteiger charge is -2.17.